The molecule has 2 aromatic rings. The smallest absolute Gasteiger partial charge is 0.437 e. The molecule has 1 amide bonds. The summed E-state index contributed by atoms with van der Waals surface area (Å²) < 4.78 is 11.0. The van der Waals surface area contributed by atoms with Crippen LogP contribution >= 0.6 is 0 Å². The number of nitriles is 1. The summed E-state index contributed by atoms with van der Waals surface area (Å²) in [6, 6.07) is 5.44. The van der Waals surface area contributed by atoms with Crippen molar-refractivity contribution in [2.45, 2.75) is 44.2 Å². The lowest BCUT2D eigenvalue weighted by Gasteiger charge is -2.31. The number of hydrogen-bond acceptors (Lipinski definition) is 6. The quantitative estimate of drug-likeness (QED) is 0.912. The third-order valence-corrected chi connectivity index (χ3v) is 3.93. The average molecular weight is 316 g/mol. The maximum Gasteiger partial charge on any atom is 0.437 e. The van der Waals surface area contributed by atoms with E-state index in [-0.39, 0.29) is 12.4 Å². The van der Waals surface area contributed by atoms with Gasteiger partial charge >= 0.3 is 5.76 Å². The van der Waals surface area contributed by atoms with E-state index in [4.69, 9.17) is 8.83 Å². The molecule has 120 valence electrons. The van der Waals surface area contributed by atoms with E-state index in [2.05, 4.69) is 16.5 Å². The minimum atomic E-state index is -0.841. The molecular formula is C15H16N4O4. The largest absolute Gasteiger partial charge is 0.459 e. The molecule has 8 nitrogen and oxygen atoms in total. The van der Waals surface area contributed by atoms with Crippen LogP contribution in [0.5, 0.6) is 0 Å². The Bertz CT molecular complexity index is 775. The highest BCUT2D eigenvalue weighted by atomic mass is 16.4. The first-order valence-corrected chi connectivity index (χ1v) is 7.46. The molecule has 8 heteroatoms. The number of nitrogens with one attached hydrogen (secondary N) is 1. The van der Waals surface area contributed by atoms with Crippen molar-refractivity contribution < 1.29 is 13.6 Å². The standard InChI is InChI=1S/C15H16N4O4/c16-10-15(6-2-1-3-7-15)17-12(20)9-19-14(21)23-13(18-19)11-5-4-8-22-11/h4-5,8H,1-3,6-7,9H2,(H,17,20). The van der Waals surface area contributed by atoms with Gasteiger partial charge in [-0.25, -0.2) is 4.79 Å². The summed E-state index contributed by atoms with van der Waals surface area (Å²) in [5, 5.41) is 16.0. The van der Waals surface area contributed by atoms with Crippen molar-refractivity contribution in [1.29, 1.82) is 5.26 Å². The summed E-state index contributed by atoms with van der Waals surface area (Å²) in [5.41, 5.74) is -0.841. The topological polar surface area (TPSA) is 114 Å². The maximum absolute atomic E-state index is 12.2. The molecule has 0 unspecified atom stereocenters. The summed E-state index contributed by atoms with van der Waals surface area (Å²) in [6.45, 7) is -0.299. The molecule has 1 aliphatic rings. The highest BCUT2D eigenvalue weighted by Crippen LogP contribution is 2.27. The summed E-state index contributed by atoms with van der Waals surface area (Å²) in [6.07, 6.45) is 5.55. The van der Waals surface area contributed by atoms with Gasteiger partial charge in [0.25, 0.3) is 5.89 Å². The van der Waals surface area contributed by atoms with Crippen molar-refractivity contribution in [2.75, 3.05) is 0 Å². The van der Waals surface area contributed by atoms with Crippen molar-refractivity contribution in [3.8, 4) is 17.7 Å². The molecule has 1 aliphatic carbocycles. The molecule has 3 rings (SSSR count). The van der Waals surface area contributed by atoms with E-state index in [1.807, 2.05) is 0 Å². The lowest BCUT2D eigenvalue weighted by atomic mass is 9.83. The van der Waals surface area contributed by atoms with Crippen LogP contribution in [0.15, 0.2) is 32.0 Å². The molecule has 0 aliphatic heterocycles. The predicted molar refractivity (Wildman–Crippen MR) is 78.0 cm³/mol. The summed E-state index contributed by atoms with van der Waals surface area (Å²) >= 11 is 0. The van der Waals surface area contributed by atoms with Gasteiger partial charge in [-0.3, -0.25) is 4.79 Å². The molecule has 0 aromatic carbocycles. The van der Waals surface area contributed by atoms with E-state index in [0.717, 1.165) is 23.9 Å². The SMILES string of the molecule is N#CC1(NC(=O)Cn2nc(-c3ccco3)oc2=O)CCCCC1. The van der Waals surface area contributed by atoms with Crippen LogP contribution in [0.4, 0.5) is 0 Å². The molecule has 1 saturated carbocycles. The first-order valence-electron chi connectivity index (χ1n) is 7.46. The maximum atomic E-state index is 12.2. The first kappa shape index (κ1) is 15.1. The summed E-state index contributed by atoms with van der Waals surface area (Å²) in [5.74, 6) is -0.862. The molecule has 1 N–H and O–H groups in total. The van der Waals surface area contributed by atoms with Crippen LogP contribution in [0.3, 0.4) is 0 Å². The zero-order chi connectivity index (χ0) is 16.3. The highest BCUT2D eigenvalue weighted by molar-refractivity contribution is 5.77. The van der Waals surface area contributed by atoms with Crippen molar-refractivity contribution in [3.63, 3.8) is 0 Å². The van der Waals surface area contributed by atoms with Gasteiger partial charge in [-0.05, 0) is 25.0 Å². The van der Waals surface area contributed by atoms with Gasteiger partial charge in [-0.1, -0.05) is 19.3 Å². The number of furan rings is 1. The second kappa shape index (κ2) is 6.12. The van der Waals surface area contributed by atoms with Crippen molar-refractivity contribution in [2.24, 2.45) is 0 Å². The molecule has 0 saturated heterocycles. The van der Waals surface area contributed by atoms with E-state index >= 15 is 0 Å². The number of hydrogen-bond donors (Lipinski definition) is 1. The van der Waals surface area contributed by atoms with Gasteiger partial charge in [0.15, 0.2) is 5.76 Å². The zero-order valence-corrected chi connectivity index (χ0v) is 12.4. The number of aromatic nitrogens is 2. The van der Waals surface area contributed by atoms with Crippen LogP contribution in [-0.4, -0.2) is 21.2 Å². The molecule has 0 spiro atoms. The Kier molecular flexibility index (Phi) is 4.02. The number of carbonyl (C=O) groups is 1. The van der Waals surface area contributed by atoms with Gasteiger partial charge in [0, 0.05) is 0 Å². The second-order valence-corrected chi connectivity index (χ2v) is 5.61. The van der Waals surface area contributed by atoms with Gasteiger partial charge in [-0.2, -0.15) is 9.94 Å². The predicted octanol–water partition coefficient (Wildman–Crippen LogP) is 1.44. The van der Waals surface area contributed by atoms with E-state index in [0.29, 0.717) is 18.6 Å². The highest BCUT2D eigenvalue weighted by Gasteiger charge is 2.33. The van der Waals surface area contributed by atoms with Crippen LogP contribution in [0.25, 0.3) is 11.7 Å². The third-order valence-electron chi connectivity index (χ3n) is 3.93. The fourth-order valence-electron chi connectivity index (χ4n) is 2.77. The Hall–Kier alpha value is -2.82. The van der Waals surface area contributed by atoms with E-state index in [9.17, 15) is 14.9 Å². The van der Waals surface area contributed by atoms with E-state index in [1.54, 1.807) is 12.1 Å². The third kappa shape index (κ3) is 3.18. The monoisotopic (exact) mass is 316 g/mol. The Balaban J connectivity index is 1.71. The van der Waals surface area contributed by atoms with Gasteiger partial charge in [-0.15, -0.1) is 5.10 Å². The normalized spacial score (nSPS) is 16.7. The van der Waals surface area contributed by atoms with Gasteiger partial charge in [0.2, 0.25) is 5.91 Å². The van der Waals surface area contributed by atoms with Gasteiger partial charge in [0.1, 0.15) is 12.1 Å². The Labute approximate surface area is 131 Å². The van der Waals surface area contributed by atoms with Crippen LogP contribution in [0.2, 0.25) is 0 Å². The number of amides is 1. The van der Waals surface area contributed by atoms with Gasteiger partial charge < -0.3 is 14.2 Å². The molecule has 23 heavy (non-hydrogen) atoms. The Morgan fingerprint density at radius 3 is 2.87 bits per heavy atom. The average Bonchev–Trinajstić information content (AvgIpc) is 3.19. The van der Waals surface area contributed by atoms with Crippen molar-refractivity contribution in [1.82, 2.24) is 15.1 Å². The molecule has 2 aromatic heterocycles. The van der Waals surface area contributed by atoms with E-state index < -0.39 is 17.2 Å². The molecule has 0 radical (unpaired) electrons. The lowest BCUT2D eigenvalue weighted by molar-refractivity contribution is -0.123. The molecular weight excluding hydrogens is 300 g/mol. The number of rotatable bonds is 4. The molecule has 1 fully saturated rings. The molecule has 2 heterocycles. The minimum absolute atomic E-state index is 0.0143. The molecule has 0 bridgehead atoms. The fraction of sp³-hybridized carbons (Fsp3) is 0.467. The summed E-state index contributed by atoms with van der Waals surface area (Å²) in [7, 11) is 0. The Morgan fingerprint density at radius 1 is 1.43 bits per heavy atom. The zero-order valence-electron chi connectivity index (χ0n) is 12.4. The number of nitrogens with zero attached hydrogens (tertiary/aromatic N) is 3. The van der Waals surface area contributed by atoms with Crippen LogP contribution in [0, 0.1) is 11.3 Å². The Morgan fingerprint density at radius 2 is 2.22 bits per heavy atom. The van der Waals surface area contributed by atoms with Crippen molar-refractivity contribution >= 4 is 5.91 Å². The van der Waals surface area contributed by atoms with Crippen LogP contribution in [-0.2, 0) is 11.3 Å². The minimum Gasteiger partial charge on any atom is -0.459 e. The fourth-order valence-corrected chi connectivity index (χ4v) is 2.77. The van der Waals surface area contributed by atoms with Crippen LogP contribution < -0.4 is 11.1 Å². The van der Waals surface area contributed by atoms with Gasteiger partial charge in [0.05, 0.1) is 12.3 Å². The number of carbonyl (C=O) groups excluding carboxylic acids is 1. The first-order chi connectivity index (χ1) is 11.1. The summed E-state index contributed by atoms with van der Waals surface area (Å²) in [4.78, 5) is 23.9. The van der Waals surface area contributed by atoms with Crippen molar-refractivity contribution in [3.05, 3.63) is 28.9 Å². The van der Waals surface area contributed by atoms with E-state index in [1.165, 1.54) is 6.26 Å². The van der Waals surface area contributed by atoms with Crippen LogP contribution in [0.1, 0.15) is 32.1 Å². The molecule has 0 atom stereocenters. The lowest BCUT2D eigenvalue weighted by Crippen LogP contribution is -2.50. The second-order valence-electron chi connectivity index (χ2n) is 5.61.